The van der Waals surface area contributed by atoms with E-state index in [0.717, 1.165) is 25.0 Å². The molecule has 0 aliphatic heterocycles. The molecule has 3 N–H and O–H groups in total. The van der Waals surface area contributed by atoms with Crippen LogP contribution in [0.25, 0.3) is 0 Å². The van der Waals surface area contributed by atoms with Crippen molar-refractivity contribution in [2.24, 2.45) is 13.0 Å². The second-order valence-electron chi connectivity index (χ2n) is 12.1. The van der Waals surface area contributed by atoms with Crippen LogP contribution in [0.15, 0.2) is 18.2 Å². The van der Waals surface area contributed by atoms with Gasteiger partial charge in [0.15, 0.2) is 17.9 Å². The lowest BCUT2D eigenvalue weighted by atomic mass is 9.76. The van der Waals surface area contributed by atoms with E-state index in [1.807, 2.05) is 34.6 Å². The van der Waals surface area contributed by atoms with Crippen molar-refractivity contribution in [1.29, 1.82) is 0 Å². The van der Waals surface area contributed by atoms with Gasteiger partial charge in [-0.2, -0.15) is 0 Å². The second-order valence-corrected chi connectivity index (χ2v) is 12.5. The van der Waals surface area contributed by atoms with Crippen LogP contribution in [0.5, 0.6) is 0 Å². The summed E-state index contributed by atoms with van der Waals surface area (Å²) in [4.78, 5) is 38.9. The quantitative estimate of drug-likeness (QED) is 0.178. The average Bonchev–Trinajstić information content (AvgIpc) is 3.10. The van der Waals surface area contributed by atoms with Gasteiger partial charge in [0.2, 0.25) is 5.78 Å². The maximum Gasteiger partial charge on any atom is 0.306 e. The zero-order valence-electron chi connectivity index (χ0n) is 24.5. The number of ketones is 1. The van der Waals surface area contributed by atoms with Crippen molar-refractivity contribution in [3.63, 3.8) is 0 Å². The Morgan fingerprint density at radius 2 is 1.83 bits per heavy atom. The smallest absolute Gasteiger partial charge is 0.306 e. The van der Waals surface area contributed by atoms with Crippen LogP contribution in [-0.4, -0.2) is 44.7 Å². The van der Waals surface area contributed by atoms with E-state index in [2.05, 4.69) is 10.6 Å². The molecule has 0 bridgehead atoms. The molecule has 0 saturated heterocycles. The Labute approximate surface area is 244 Å². The lowest BCUT2D eigenvalue weighted by Gasteiger charge is -2.39. The highest BCUT2D eigenvalue weighted by atomic mass is 35.5. The molecule has 0 radical (unpaired) electrons. The fourth-order valence-electron chi connectivity index (χ4n) is 5.30. The highest BCUT2D eigenvalue weighted by Gasteiger charge is 2.37. The van der Waals surface area contributed by atoms with Crippen LogP contribution in [0, 0.1) is 17.6 Å². The van der Waals surface area contributed by atoms with Gasteiger partial charge in [-0.05, 0) is 77.8 Å². The van der Waals surface area contributed by atoms with Crippen LogP contribution < -0.4 is 10.6 Å². The molecule has 1 aromatic carbocycles. The number of amides is 1. The minimum atomic E-state index is -1.59. The number of benzene rings is 1. The number of carbonyl (C=O) groups excluding carboxylic acids is 3. The summed E-state index contributed by atoms with van der Waals surface area (Å²) < 4.78 is 33.9. The molecule has 11 heteroatoms. The molecule has 41 heavy (non-hydrogen) atoms. The number of esters is 1. The first-order chi connectivity index (χ1) is 19.0. The minimum absolute atomic E-state index is 0.0287. The summed E-state index contributed by atoms with van der Waals surface area (Å²) in [5.74, 6) is -3.63. The number of hydrogen-bond donors (Lipinski definition) is 3. The number of rotatable bonds is 10. The third-order valence-corrected chi connectivity index (χ3v) is 7.77. The van der Waals surface area contributed by atoms with Crippen LogP contribution in [0.2, 0.25) is 5.02 Å². The van der Waals surface area contributed by atoms with Crippen LogP contribution in [0.3, 0.4) is 0 Å². The van der Waals surface area contributed by atoms with Gasteiger partial charge in [-0.25, -0.2) is 8.78 Å². The van der Waals surface area contributed by atoms with Crippen molar-refractivity contribution < 1.29 is 33.0 Å². The number of aliphatic hydroxyl groups is 1. The van der Waals surface area contributed by atoms with E-state index in [0.29, 0.717) is 37.8 Å². The van der Waals surface area contributed by atoms with Gasteiger partial charge in [0, 0.05) is 36.5 Å². The number of ether oxygens (including phenoxy) is 1. The third kappa shape index (κ3) is 8.14. The van der Waals surface area contributed by atoms with Crippen molar-refractivity contribution >= 4 is 34.9 Å². The summed E-state index contributed by atoms with van der Waals surface area (Å²) in [6.45, 7) is 9.31. The third-order valence-electron chi connectivity index (χ3n) is 7.40. The number of anilines is 1. The van der Waals surface area contributed by atoms with Gasteiger partial charge in [0.1, 0.15) is 11.3 Å². The van der Waals surface area contributed by atoms with Crippen LogP contribution in [0.4, 0.5) is 14.5 Å². The number of hydrogen-bond acceptors (Lipinski definition) is 6. The minimum Gasteiger partial charge on any atom is -0.460 e. The number of carbonyl (C=O) groups is 3. The molecule has 1 aromatic heterocycles. The molecule has 0 spiro atoms. The van der Waals surface area contributed by atoms with E-state index in [-0.39, 0.29) is 33.9 Å². The van der Waals surface area contributed by atoms with E-state index < -0.39 is 40.7 Å². The summed E-state index contributed by atoms with van der Waals surface area (Å²) in [7, 11) is 1.59. The van der Waals surface area contributed by atoms with E-state index in [9.17, 15) is 28.3 Å². The Hall–Kier alpha value is -2.82. The largest absolute Gasteiger partial charge is 0.460 e. The molecule has 1 fully saturated rings. The fourth-order valence-corrected chi connectivity index (χ4v) is 5.72. The van der Waals surface area contributed by atoms with Gasteiger partial charge < -0.3 is 19.7 Å². The summed E-state index contributed by atoms with van der Waals surface area (Å²) in [6, 6.07) is 2.97. The van der Waals surface area contributed by atoms with Crippen LogP contribution in [-0.2, 0) is 23.0 Å². The van der Waals surface area contributed by atoms with E-state index in [4.69, 9.17) is 16.3 Å². The van der Waals surface area contributed by atoms with Gasteiger partial charge in [0.25, 0.3) is 5.91 Å². The highest BCUT2D eigenvalue weighted by Crippen LogP contribution is 2.35. The lowest BCUT2D eigenvalue weighted by Crippen LogP contribution is -2.53. The predicted octanol–water partition coefficient (Wildman–Crippen LogP) is 5.93. The number of halogens is 3. The Balaban J connectivity index is 1.74. The molecule has 1 amide bonds. The first kappa shape index (κ1) is 32.7. The first-order valence-corrected chi connectivity index (χ1v) is 14.3. The summed E-state index contributed by atoms with van der Waals surface area (Å²) in [5, 5.41) is 16.4. The number of aliphatic hydroxyl groups excluding tert-OH is 1. The van der Waals surface area contributed by atoms with E-state index >= 15 is 0 Å². The fraction of sp³-hybridized carbons (Fsp3) is 0.567. The van der Waals surface area contributed by atoms with Gasteiger partial charge in [-0.3, -0.25) is 19.7 Å². The molecule has 1 atom stereocenters. The molecule has 1 saturated carbocycles. The van der Waals surface area contributed by atoms with Gasteiger partial charge in [-0.1, -0.05) is 24.9 Å². The molecule has 3 rings (SSSR count). The SMILES string of the molecule is CCCc1c(C(=O)Nc2ccc(F)c(F)c2)c(Cl)c(C(=O)C(O)NC2(C)CCC(CC(=O)OC(C)(C)C)CC2)n1C. The molecule has 226 valence electrons. The average molecular weight is 596 g/mol. The molecule has 1 aliphatic carbocycles. The Morgan fingerprint density at radius 3 is 2.39 bits per heavy atom. The van der Waals surface area contributed by atoms with Crippen molar-refractivity contribution in [3.8, 4) is 0 Å². The van der Waals surface area contributed by atoms with Gasteiger partial charge in [0.05, 0.1) is 10.6 Å². The number of nitrogens with zero attached hydrogens (tertiary/aromatic N) is 1. The molecule has 8 nitrogen and oxygen atoms in total. The molecule has 1 aliphatic rings. The number of aromatic nitrogens is 1. The zero-order valence-corrected chi connectivity index (χ0v) is 25.3. The van der Waals surface area contributed by atoms with Gasteiger partial charge >= 0.3 is 5.97 Å². The second kappa shape index (κ2) is 13.0. The number of nitrogens with one attached hydrogen (secondary N) is 2. The highest BCUT2D eigenvalue weighted by molar-refractivity contribution is 6.38. The van der Waals surface area contributed by atoms with Crippen LogP contribution >= 0.6 is 11.6 Å². The van der Waals surface area contributed by atoms with Crippen molar-refractivity contribution in [2.45, 2.75) is 96.9 Å². The van der Waals surface area contributed by atoms with Crippen molar-refractivity contribution in [2.75, 3.05) is 5.32 Å². The van der Waals surface area contributed by atoms with Crippen LogP contribution in [0.1, 0.15) is 99.7 Å². The lowest BCUT2D eigenvalue weighted by molar-refractivity contribution is -0.156. The molecular weight excluding hydrogens is 556 g/mol. The summed E-state index contributed by atoms with van der Waals surface area (Å²) >= 11 is 6.60. The Bertz CT molecular complexity index is 1300. The van der Waals surface area contributed by atoms with Crippen molar-refractivity contribution in [3.05, 3.63) is 51.8 Å². The standard InChI is InChI=1S/C30H40ClF2N3O5/c1-7-8-21-23(27(39)34-18-9-10-19(32)20(33)16-18)24(31)25(36(21)6)26(38)28(40)35-30(5)13-11-17(12-14-30)15-22(37)41-29(2,3)4/h9-10,16-17,28,35,40H,7-8,11-15H2,1-6H3,(H,34,39). The molecular formula is C30H40ClF2N3O5. The van der Waals surface area contributed by atoms with Gasteiger partial charge in [-0.15, -0.1) is 0 Å². The predicted molar refractivity (Wildman–Crippen MR) is 153 cm³/mol. The number of Topliss-reactive ketones (excluding diaryl/α,β-unsaturated/α-hetero) is 1. The van der Waals surface area contributed by atoms with E-state index in [1.54, 1.807) is 7.05 Å². The molecule has 1 unspecified atom stereocenters. The Kier molecular flexibility index (Phi) is 10.4. The topological polar surface area (TPSA) is 110 Å². The summed E-state index contributed by atoms with van der Waals surface area (Å²) in [6.07, 6.45) is 2.49. The molecule has 2 aromatic rings. The first-order valence-electron chi connectivity index (χ1n) is 13.9. The monoisotopic (exact) mass is 595 g/mol. The summed E-state index contributed by atoms with van der Waals surface area (Å²) in [5.41, 5.74) is -0.599. The maximum atomic E-state index is 13.7. The maximum absolute atomic E-state index is 13.7. The normalized spacial score (nSPS) is 20.0. The Morgan fingerprint density at radius 1 is 1.20 bits per heavy atom. The zero-order chi connectivity index (χ0) is 30.7. The van der Waals surface area contributed by atoms with Crippen molar-refractivity contribution in [1.82, 2.24) is 9.88 Å². The van der Waals surface area contributed by atoms with E-state index in [1.165, 1.54) is 10.6 Å². The molecule has 1 heterocycles.